The molecule has 25 heavy (non-hydrogen) atoms. The van der Waals surface area contributed by atoms with Crippen molar-refractivity contribution < 1.29 is 17.5 Å². The monoisotopic (exact) mass is 405 g/mol. The van der Waals surface area contributed by atoms with Crippen LogP contribution in [-0.4, -0.2) is 39.8 Å². The Kier molecular flexibility index (Phi) is 6.68. The minimum Gasteiger partial charge on any atom is -0.494 e. The van der Waals surface area contributed by atoms with Gasteiger partial charge in [0.05, 0.1) is 22.8 Å². The number of sulfone groups is 1. The van der Waals surface area contributed by atoms with Crippen LogP contribution >= 0.6 is 23.2 Å². The van der Waals surface area contributed by atoms with Crippen LogP contribution in [0, 0.1) is 5.82 Å². The summed E-state index contributed by atoms with van der Waals surface area (Å²) in [5, 5.41) is 0.453. The second-order valence-electron chi connectivity index (χ2n) is 5.60. The molecule has 0 bridgehead atoms. The summed E-state index contributed by atoms with van der Waals surface area (Å²) in [4.78, 5) is 1.81. The van der Waals surface area contributed by atoms with Crippen LogP contribution in [0.4, 0.5) is 4.39 Å². The molecule has 4 nitrogen and oxygen atoms in total. The van der Waals surface area contributed by atoms with Gasteiger partial charge in [-0.1, -0.05) is 29.3 Å². The molecular formula is C17H18Cl2FNO3S. The number of methoxy groups -OCH3 is 1. The Bertz CT molecular complexity index is 859. The molecule has 0 heterocycles. The van der Waals surface area contributed by atoms with Crippen LogP contribution in [0.15, 0.2) is 41.3 Å². The van der Waals surface area contributed by atoms with Crippen LogP contribution in [0.2, 0.25) is 10.0 Å². The number of benzene rings is 2. The topological polar surface area (TPSA) is 46.6 Å². The van der Waals surface area contributed by atoms with E-state index in [0.717, 1.165) is 5.56 Å². The van der Waals surface area contributed by atoms with E-state index in [-0.39, 0.29) is 28.0 Å². The van der Waals surface area contributed by atoms with Crippen molar-refractivity contribution in [2.24, 2.45) is 0 Å². The highest BCUT2D eigenvalue weighted by molar-refractivity contribution is 7.91. The molecule has 2 aromatic carbocycles. The van der Waals surface area contributed by atoms with Gasteiger partial charge >= 0.3 is 0 Å². The molecule has 136 valence electrons. The largest absolute Gasteiger partial charge is 0.494 e. The van der Waals surface area contributed by atoms with Crippen molar-refractivity contribution in [3.63, 3.8) is 0 Å². The average Bonchev–Trinajstić information content (AvgIpc) is 2.55. The van der Waals surface area contributed by atoms with E-state index in [9.17, 15) is 12.8 Å². The van der Waals surface area contributed by atoms with E-state index in [1.54, 1.807) is 24.1 Å². The first-order valence-electron chi connectivity index (χ1n) is 7.41. The third-order valence-electron chi connectivity index (χ3n) is 3.64. The molecule has 0 saturated heterocycles. The maximum atomic E-state index is 13.7. The third kappa shape index (κ3) is 5.31. The van der Waals surface area contributed by atoms with Gasteiger partial charge in [0.1, 0.15) is 0 Å². The Morgan fingerprint density at radius 3 is 2.52 bits per heavy atom. The fourth-order valence-corrected chi connectivity index (χ4v) is 4.45. The first kappa shape index (κ1) is 20.0. The van der Waals surface area contributed by atoms with Gasteiger partial charge in [-0.25, -0.2) is 12.8 Å². The molecule has 8 heteroatoms. The normalized spacial score (nSPS) is 11.8. The molecule has 0 aliphatic heterocycles. The van der Waals surface area contributed by atoms with Gasteiger partial charge in [0.25, 0.3) is 0 Å². The van der Waals surface area contributed by atoms with Gasteiger partial charge in [-0.3, -0.25) is 0 Å². The predicted molar refractivity (Wildman–Crippen MR) is 97.8 cm³/mol. The molecule has 0 aromatic heterocycles. The maximum Gasteiger partial charge on any atom is 0.181 e. The molecule has 0 radical (unpaired) electrons. The van der Waals surface area contributed by atoms with Crippen molar-refractivity contribution >= 4 is 33.0 Å². The van der Waals surface area contributed by atoms with Gasteiger partial charge in [-0.2, -0.15) is 0 Å². The summed E-state index contributed by atoms with van der Waals surface area (Å²) >= 11 is 11.8. The molecule has 0 aliphatic rings. The molecule has 0 atom stereocenters. The summed E-state index contributed by atoms with van der Waals surface area (Å²) in [6, 6.07) is 8.99. The molecule has 0 aliphatic carbocycles. The van der Waals surface area contributed by atoms with E-state index in [1.165, 1.54) is 31.4 Å². The molecule has 0 spiro atoms. The molecule has 0 fully saturated rings. The van der Waals surface area contributed by atoms with E-state index in [1.807, 2.05) is 0 Å². The van der Waals surface area contributed by atoms with Crippen molar-refractivity contribution in [3.05, 3.63) is 57.8 Å². The average molecular weight is 406 g/mol. The fourth-order valence-electron chi connectivity index (χ4n) is 2.30. The zero-order valence-corrected chi connectivity index (χ0v) is 16.1. The standard InChI is InChI=1S/C17H18Cl2FNO3S/c1-21(11-12-3-6-16(24-2)15(20)9-12)7-8-25(22,23)17-10-13(18)4-5-14(17)19/h3-6,9-10H,7-8,11H2,1-2H3. The second-order valence-corrected chi connectivity index (χ2v) is 8.52. The highest BCUT2D eigenvalue weighted by atomic mass is 35.5. The van der Waals surface area contributed by atoms with Gasteiger partial charge in [0.2, 0.25) is 0 Å². The zero-order valence-electron chi connectivity index (χ0n) is 13.8. The minimum absolute atomic E-state index is 0.0190. The number of rotatable bonds is 7. The number of hydrogen-bond donors (Lipinski definition) is 0. The molecule has 2 rings (SSSR count). The van der Waals surface area contributed by atoms with Gasteiger partial charge in [0.15, 0.2) is 21.4 Å². The summed E-state index contributed by atoms with van der Waals surface area (Å²) in [7, 11) is -0.412. The van der Waals surface area contributed by atoms with E-state index in [2.05, 4.69) is 0 Å². The summed E-state index contributed by atoms with van der Waals surface area (Å²) in [5.41, 5.74) is 0.721. The number of nitrogens with zero attached hydrogens (tertiary/aromatic N) is 1. The highest BCUT2D eigenvalue weighted by Crippen LogP contribution is 2.26. The lowest BCUT2D eigenvalue weighted by atomic mass is 10.2. The Morgan fingerprint density at radius 2 is 1.88 bits per heavy atom. The van der Waals surface area contributed by atoms with Crippen LogP contribution in [0.3, 0.4) is 0 Å². The lowest BCUT2D eigenvalue weighted by Gasteiger charge is -2.17. The Morgan fingerprint density at radius 1 is 1.16 bits per heavy atom. The maximum absolute atomic E-state index is 13.7. The van der Waals surface area contributed by atoms with Crippen molar-refractivity contribution in [1.29, 1.82) is 0 Å². The van der Waals surface area contributed by atoms with Crippen molar-refractivity contribution in [2.75, 3.05) is 26.5 Å². The molecule has 0 N–H and O–H groups in total. The molecular weight excluding hydrogens is 388 g/mol. The third-order valence-corrected chi connectivity index (χ3v) is 6.04. The molecule has 0 amide bonds. The first-order chi connectivity index (χ1) is 11.7. The lowest BCUT2D eigenvalue weighted by Crippen LogP contribution is -2.25. The fraction of sp³-hybridized carbons (Fsp3) is 0.294. The van der Waals surface area contributed by atoms with Crippen LogP contribution in [0.5, 0.6) is 5.75 Å². The van der Waals surface area contributed by atoms with Crippen LogP contribution in [-0.2, 0) is 16.4 Å². The van der Waals surface area contributed by atoms with Gasteiger partial charge < -0.3 is 9.64 Å². The first-order valence-corrected chi connectivity index (χ1v) is 9.82. The summed E-state index contributed by atoms with van der Waals surface area (Å²) in [5.74, 6) is -0.404. The van der Waals surface area contributed by atoms with Crippen molar-refractivity contribution in [1.82, 2.24) is 4.90 Å². The Balaban J connectivity index is 2.02. The van der Waals surface area contributed by atoms with Crippen LogP contribution < -0.4 is 4.74 Å². The highest BCUT2D eigenvalue weighted by Gasteiger charge is 2.19. The Labute approximate surface area is 157 Å². The minimum atomic E-state index is -3.57. The SMILES string of the molecule is COc1ccc(CN(C)CCS(=O)(=O)c2cc(Cl)ccc2Cl)cc1F. The summed E-state index contributed by atoms with van der Waals surface area (Å²) < 4.78 is 43.5. The van der Waals surface area contributed by atoms with E-state index in [4.69, 9.17) is 27.9 Å². The zero-order chi connectivity index (χ0) is 18.6. The molecule has 0 unspecified atom stereocenters. The number of hydrogen-bond acceptors (Lipinski definition) is 4. The number of halogens is 3. The van der Waals surface area contributed by atoms with Gasteiger partial charge in [-0.05, 0) is 42.9 Å². The van der Waals surface area contributed by atoms with E-state index < -0.39 is 15.7 Å². The van der Waals surface area contributed by atoms with Crippen molar-refractivity contribution in [3.8, 4) is 5.75 Å². The van der Waals surface area contributed by atoms with Crippen LogP contribution in [0.1, 0.15) is 5.56 Å². The summed E-state index contributed by atoms with van der Waals surface area (Å²) in [6.07, 6.45) is 0. The van der Waals surface area contributed by atoms with Gasteiger partial charge in [-0.15, -0.1) is 0 Å². The molecule has 0 saturated carbocycles. The Hall–Kier alpha value is -1.34. The van der Waals surface area contributed by atoms with E-state index in [0.29, 0.717) is 11.6 Å². The van der Waals surface area contributed by atoms with Gasteiger partial charge in [0, 0.05) is 18.1 Å². The second kappa shape index (κ2) is 8.36. The smallest absolute Gasteiger partial charge is 0.181 e. The predicted octanol–water partition coefficient (Wildman–Crippen LogP) is 4.05. The molecule has 2 aromatic rings. The van der Waals surface area contributed by atoms with E-state index >= 15 is 0 Å². The number of ether oxygens (including phenoxy) is 1. The summed E-state index contributed by atoms with van der Waals surface area (Å²) in [6.45, 7) is 0.665. The van der Waals surface area contributed by atoms with Crippen molar-refractivity contribution in [2.45, 2.75) is 11.4 Å². The van der Waals surface area contributed by atoms with Crippen LogP contribution in [0.25, 0.3) is 0 Å². The quantitative estimate of drug-likeness (QED) is 0.696. The lowest BCUT2D eigenvalue weighted by molar-refractivity contribution is 0.343.